The number of piperidine rings is 1. The number of ether oxygens (including phenoxy) is 1. The molecule has 3 rings (SSSR count). The monoisotopic (exact) mass is 506 g/mol. The molecule has 35 heavy (non-hydrogen) atoms. The Bertz CT molecular complexity index is 1020. The number of halogens is 7. The van der Waals surface area contributed by atoms with E-state index in [1.807, 2.05) is 0 Å². The molecule has 0 radical (unpaired) electrons. The van der Waals surface area contributed by atoms with E-state index in [9.17, 15) is 35.5 Å². The van der Waals surface area contributed by atoms with Gasteiger partial charge < -0.3 is 15.0 Å². The van der Waals surface area contributed by atoms with Crippen molar-refractivity contribution in [3.63, 3.8) is 0 Å². The van der Waals surface area contributed by atoms with Crippen LogP contribution in [0.25, 0.3) is 0 Å². The minimum atomic E-state index is -4.94. The molecule has 1 aliphatic rings. The van der Waals surface area contributed by atoms with Gasteiger partial charge in [-0.2, -0.15) is 26.3 Å². The Balaban J connectivity index is 1.74. The van der Waals surface area contributed by atoms with Gasteiger partial charge in [0.15, 0.2) is 0 Å². The van der Waals surface area contributed by atoms with Crippen LogP contribution >= 0.6 is 0 Å². The van der Waals surface area contributed by atoms with E-state index in [1.54, 1.807) is 20.1 Å². The van der Waals surface area contributed by atoms with E-state index in [2.05, 4.69) is 5.32 Å². The zero-order valence-electron chi connectivity index (χ0n) is 19.1. The molecule has 2 atom stereocenters. The van der Waals surface area contributed by atoms with Crippen LogP contribution in [-0.4, -0.2) is 37.2 Å². The van der Waals surface area contributed by atoms with Crippen LogP contribution in [0.4, 0.5) is 35.5 Å². The van der Waals surface area contributed by atoms with Crippen molar-refractivity contribution in [2.45, 2.75) is 50.7 Å². The molecule has 0 aliphatic carbocycles. The molecule has 1 heterocycles. The highest BCUT2D eigenvalue weighted by Crippen LogP contribution is 2.37. The number of aryl methyl sites for hydroxylation is 1. The SMILES string of the molecule is COC1CCN(C(=O)NCCc2cc(C(F)(F)F)cc(C(F)(F)F)c2)C(c2ccc(F)cc2C)C1. The number of alkyl halides is 6. The Morgan fingerprint density at radius 2 is 1.69 bits per heavy atom. The first-order valence-electron chi connectivity index (χ1n) is 10.9. The number of urea groups is 1. The van der Waals surface area contributed by atoms with Crippen molar-refractivity contribution in [2.75, 3.05) is 20.2 Å². The van der Waals surface area contributed by atoms with E-state index >= 15 is 0 Å². The molecule has 0 bridgehead atoms. The fourth-order valence-corrected chi connectivity index (χ4v) is 4.28. The molecule has 0 spiro atoms. The summed E-state index contributed by atoms with van der Waals surface area (Å²) in [6, 6.07) is 4.66. The molecule has 192 valence electrons. The lowest BCUT2D eigenvalue weighted by molar-refractivity contribution is -0.143. The second-order valence-corrected chi connectivity index (χ2v) is 8.49. The summed E-state index contributed by atoms with van der Waals surface area (Å²) in [7, 11) is 1.55. The standard InChI is InChI=1S/C24H25F7N2O2/c1-14-9-18(25)3-4-20(14)21-13-19(35-2)6-8-33(21)22(34)32-7-5-15-10-16(23(26,27)28)12-17(11-15)24(29,30)31/h3-4,9-12,19,21H,5-8,13H2,1-2H3,(H,32,34). The summed E-state index contributed by atoms with van der Waals surface area (Å²) in [6.45, 7) is 1.86. The number of methoxy groups -OCH3 is 1. The first kappa shape index (κ1) is 26.8. The molecule has 2 aromatic carbocycles. The molecule has 2 unspecified atom stereocenters. The number of carbonyl (C=O) groups is 1. The number of hydrogen-bond acceptors (Lipinski definition) is 2. The summed E-state index contributed by atoms with van der Waals surface area (Å²) < 4.78 is 97.5. The van der Waals surface area contributed by atoms with Gasteiger partial charge in [0, 0.05) is 20.2 Å². The Morgan fingerprint density at radius 1 is 1.06 bits per heavy atom. The average molecular weight is 506 g/mol. The number of nitrogens with zero attached hydrogens (tertiary/aromatic N) is 1. The molecular weight excluding hydrogens is 481 g/mol. The highest BCUT2D eigenvalue weighted by atomic mass is 19.4. The Morgan fingerprint density at radius 3 is 2.23 bits per heavy atom. The van der Waals surface area contributed by atoms with Gasteiger partial charge in [-0.05, 0) is 73.2 Å². The van der Waals surface area contributed by atoms with Gasteiger partial charge in [0.25, 0.3) is 0 Å². The van der Waals surface area contributed by atoms with E-state index in [1.165, 1.54) is 17.0 Å². The maximum absolute atomic E-state index is 13.6. The summed E-state index contributed by atoms with van der Waals surface area (Å²) in [5, 5.41) is 2.59. The predicted octanol–water partition coefficient (Wildman–Crippen LogP) is 6.28. The minimum absolute atomic E-state index is 0.0671. The Hall–Kier alpha value is -2.82. The van der Waals surface area contributed by atoms with Crippen molar-refractivity contribution >= 4 is 6.03 Å². The smallest absolute Gasteiger partial charge is 0.381 e. The highest BCUT2D eigenvalue weighted by Gasteiger charge is 2.37. The summed E-state index contributed by atoms with van der Waals surface area (Å²) in [5.41, 5.74) is -1.62. The first-order valence-corrected chi connectivity index (χ1v) is 10.9. The van der Waals surface area contributed by atoms with Crippen molar-refractivity contribution in [3.8, 4) is 0 Å². The normalized spacial score (nSPS) is 19.1. The molecule has 0 aromatic heterocycles. The van der Waals surface area contributed by atoms with Gasteiger partial charge in [-0.1, -0.05) is 6.07 Å². The summed E-state index contributed by atoms with van der Waals surface area (Å²) in [4.78, 5) is 14.5. The number of hydrogen-bond donors (Lipinski definition) is 1. The molecule has 2 amide bonds. The van der Waals surface area contributed by atoms with Gasteiger partial charge in [0.1, 0.15) is 5.82 Å². The number of likely N-dealkylation sites (tertiary alicyclic amines) is 1. The van der Waals surface area contributed by atoms with Gasteiger partial charge in [-0.15, -0.1) is 0 Å². The largest absolute Gasteiger partial charge is 0.416 e. The Labute approximate surface area is 198 Å². The summed E-state index contributed by atoms with van der Waals surface area (Å²) >= 11 is 0. The van der Waals surface area contributed by atoms with Crippen LogP contribution in [0.15, 0.2) is 36.4 Å². The molecule has 1 fully saturated rings. The van der Waals surface area contributed by atoms with Gasteiger partial charge in [0.05, 0.1) is 23.3 Å². The quantitative estimate of drug-likeness (QED) is 0.486. The number of amides is 2. The molecule has 1 saturated heterocycles. The van der Waals surface area contributed by atoms with Gasteiger partial charge in [0.2, 0.25) is 0 Å². The molecule has 4 nitrogen and oxygen atoms in total. The molecule has 1 aliphatic heterocycles. The lowest BCUT2D eigenvalue weighted by Gasteiger charge is -2.39. The van der Waals surface area contributed by atoms with Crippen molar-refractivity contribution < 1.29 is 40.3 Å². The second kappa shape index (κ2) is 10.4. The summed E-state index contributed by atoms with van der Waals surface area (Å²) in [5.74, 6) is -0.416. The van der Waals surface area contributed by atoms with E-state index in [0.717, 1.165) is 5.56 Å². The molecule has 2 aromatic rings. The van der Waals surface area contributed by atoms with Crippen molar-refractivity contribution in [2.24, 2.45) is 0 Å². The second-order valence-electron chi connectivity index (χ2n) is 8.49. The maximum atomic E-state index is 13.6. The highest BCUT2D eigenvalue weighted by molar-refractivity contribution is 5.75. The first-order chi connectivity index (χ1) is 16.3. The third-order valence-corrected chi connectivity index (χ3v) is 6.08. The fraction of sp³-hybridized carbons (Fsp3) is 0.458. The number of benzene rings is 2. The minimum Gasteiger partial charge on any atom is -0.381 e. The average Bonchev–Trinajstić information content (AvgIpc) is 2.77. The van der Waals surface area contributed by atoms with Crippen LogP contribution < -0.4 is 5.32 Å². The lowest BCUT2D eigenvalue weighted by Crippen LogP contribution is -2.48. The zero-order chi connectivity index (χ0) is 26.0. The van der Waals surface area contributed by atoms with Gasteiger partial charge in [-0.25, -0.2) is 9.18 Å². The van der Waals surface area contributed by atoms with E-state index in [-0.39, 0.29) is 30.7 Å². The van der Waals surface area contributed by atoms with Crippen LogP contribution in [0.2, 0.25) is 0 Å². The lowest BCUT2D eigenvalue weighted by atomic mass is 9.91. The van der Waals surface area contributed by atoms with Crippen LogP contribution in [0.1, 0.15) is 46.7 Å². The summed E-state index contributed by atoms with van der Waals surface area (Å²) in [6.07, 6.45) is -9.23. The molecular formula is C24H25F7N2O2. The topological polar surface area (TPSA) is 41.6 Å². The molecule has 1 N–H and O–H groups in total. The molecule has 0 saturated carbocycles. The molecule has 11 heteroatoms. The van der Waals surface area contributed by atoms with Crippen LogP contribution in [0, 0.1) is 12.7 Å². The predicted molar refractivity (Wildman–Crippen MR) is 114 cm³/mol. The van der Waals surface area contributed by atoms with E-state index < -0.39 is 41.4 Å². The van der Waals surface area contributed by atoms with E-state index in [0.29, 0.717) is 37.1 Å². The maximum Gasteiger partial charge on any atom is 0.416 e. The van der Waals surface area contributed by atoms with E-state index in [4.69, 9.17) is 4.74 Å². The number of rotatable bonds is 5. The Kier molecular flexibility index (Phi) is 7.98. The van der Waals surface area contributed by atoms with Crippen LogP contribution in [0.3, 0.4) is 0 Å². The number of carbonyl (C=O) groups excluding carboxylic acids is 1. The third-order valence-electron chi connectivity index (χ3n) is 6.08. The third kappa shape index (κ3) is 6.65. The number of nitrogens with one attached hydrogen (secondary N) is 1. The van der Waals surface area contributed by atoms with Crippen LogP contribution in [0.5, 0.6) is 0 Å². The fourth-order valence-electron chi connectivity index (χ4n) is 4.28. The van der Waals surface area contributed by atoms with Gasteiger partial charge >= 0.3 is 18.4 Å². The van der Waals surface area contributed by atoms with Crippen LogP contribution in [-0.2, 0) is 23.5 Å². The van der Waals surface area contributed by atoms with Crippen molar-refractivity contribution in [1.82, 2.24) is 10.2 Å². The van der Waals surface area contributed by atoms with Crippen molar-refractivity contribution in [3.05, 3.63) is 70.0 Å². The van der Waals surface area contributed by atoms with Gasteiger partial charge in [-0.3, -0.25) is 0 Å². The zero-order valence-corrected chi connectivity index (χ0v) is 19.1. The van der Waals surface area contributed by atoms with Crippen molar-refractivity contribution in [1.29, 1.82) is 0 Å².